The third-order valence-corrected chi connectivity index (χ3v) is 8.09. The quantitative estimate of drug-likeness (QED) is 0.562. The average molecular weight is 533 g/mol. The summed E-state index contributed by atoms with van der Waals surface area (Å²) in [5.41, 5.74) is 9.88. The van der Waals surface area contributed by atoms with Gasteiger partial charge in [-0.05, 0) is 80.8 Å². The van der Waals surface area contributed by atoms with Crippen molar-refractivity contribution >= 4 is 17.8 Å². The molecule has 2 amide bonds. The number of hydrogen-bond donors (Lipinski definition) is 2. The van der Waals surface area contributed by atoms with Gasteiger partial charge < -0.3 is 20.5 Å². The van der Waals surface area contributed by atoms with E-state index in [4.69, 9.17) is 15.2 Å². The van der Waals surface area contributed by atoms with E-state index < -0.39 is 0 Å². The minimum Gasteiger partial charge on any atom is -0.494 e. The summed E-state index contributed by atoms with van der Waals surface area (Å²) in [5.74, 6) is 2.57. The number of rotatable bonds is 2. The minimum absolute atomic E-state index is 0.00250. The van der Waals surface area contributed by atoms with Crippen molar-refractivity contribution in [2.24, 2.45) is 16.6 Å². The van der Waals surface area contributed by atoms with Crippen molar-refractivity contribution < 1.29 is 19.1 Å². The van der Waals surface area contributed by atoms with Crippen molar-refractivity contribution in [3.8, 4) is 11.5 Å². The third kappa shape index (κ3) is 5.60. The lowest BCUT2D eigenvalue weighted by molar-refractivity contribution is -0.129. The Hall–Kier alpha value is -3.55. The van der Waals surface area contributed by atoms with Gasteiger partial charge in [0.15, 0.2) is 5.96 Å². The Balaban J connectivity index is 0.00000151. The molecule has 2 aromatic rings. The van der Waals surface area contributed by atoms with E-state index in [1.807, 2.05) is 27.7 Å². The highest BCUT2D eigenvalue weighted by molar-refractivity contribution is 5.99. The Morgan fingerprint density at radius 3 is 2.72 bits per heavy atom. The second-order valence-electron chi connectivity index (χ2n) is 10.7. The maximum Gasteiger partial charge on any atom is 0.251 e. The Morgan fingerprint density at radius 2 is 1.95 bits per heavy atom. The van der Waals surface area contributed by atoms with Crippen LogP contribution in [0.15, 0.2) is 41.4 Å². The van der Waals surface area contributed by atoms with Gasteiger partial charge in [0.1, 0.15) is 11.5 Å². The fourth-order valence-electron chi connectivity index (χ4n) is 6.05. The van der Waals surface area contributed by atoms with Crippen molar-refractivity contribution in [3.63, 3.8) is 0 Å². The summed E-state index contributed by atoms with van der Waals surface area (Å²) < 4.78 is 11.9. The summed E-state index contributed by atoms with van der Waals surface area (Å²) in [5, 5.41) is 3.25. The highest BCUT2D eigenvalue weighted by Gasteiger charge is 2.40. The highest BCUT2D eigenvalue weighted by Crippen LogP contribution is 2.52. The lowest BCUT2D eigenvalue weighted by Gasteiger charge is -2.32. The van der Waals surface area contributed by atoms with E-state index in [0.717, 1.165) is 36.1 Å². The molecule has 1 fully saturated rings. The molecule has 39 heavy (non-hydrogen) atoms. The molecule has 3 N–H and O–H groups in total. The van der Waals surface area contributed by atoms with Gasteiger partial charge in [-0.1, -0.05) is 19.9 Å². The van der Waals surface area contributed by atoms with E-state index in [9.17, 15) is 9.59 Å². The number of benzene rings is 2. The molecule has 4 aliphatic heterocycles. The van der Waals surface area contributed by atoms with Crippen LogP contribution in [0.3, 0.4) is 0 Å². The molecular formula is C31H40N4O4. The number of guanidine groups is 1. The Bertz CT molecular complexity index is 1280. The minimum atomic E-state index is -0.170. The van der Waals surface area contributed by atoms with Gasteiger partial charge in [-0.15, -0.1) is 0 Å². The van der Waals surface area contributed by atoms with Crippen LogP contribution >= 0.6 is 0 Å². The van der Waals surface area contributed by atoms with Crippen molar-refractivity contribution in [1.82, 2.24) is 10.2 Å². The number of nitrogens with two attached hydrogens (primary N) is 1. The van der Waals surface area contributed by atoms with Crippen LogP contribution in [-0.2, 0) is 11.3 Å². The molecule has 5 aliphatic rings. The van der Waals surface area contributed by atoms with Crippen LogP contribution in [0.2, 0.25) is 0 Å². The molecule has 0 radical (unpaired) electrons. The van der Waals surface area contributed by atoms with Crippen LogP contribution in [0.25, 0.3) is 0 Å². The summed E-state index contributed by atoms with van der Waals surface area (Å²) >= 11 is 0. The zero-order valence-corrected chi connectivity index (χ0v) is 23.4. The van der Waals surface area contributed by atoms with E-state index in [1.54, 1.807) is 18.2 Å². The van der Waals surface area contributed by atoms with Crippen molar-refractivity contribution in [1.29, 1.82) is 0 Å². The fourth-order valence-corrected chi connectivity index (χ4v) is 6.05. The van der Waals surface area contributed by atoms with Crippen LogP contribution < -0.4 is 20.5 Å². The first-order chi connectivity index (χ1) is 18.9. The first kappa shape index (κ1) is 27.0. The standard InChI is InChI=1S/C29H34N4O4.C2H6/c1-3-36-25-8-6-19-11-20(25)15-33-27(34)14-21(31-29(33)30)7-4-17-12-22(17)18-5-9-26-23(13-18)24(32-28(19)35)10-16(2)37-26;1-2/h5-6,8-9,11,13,16-17,21-22,24H,3-4,7,10,12,14-15H2,1-2H3,(H2,30,31)(H,32,35);1-2H3. The molecule has 0 saturated heterocycles. The Labute approximate surface area is 230 Å². The van der Waals surface area contributed by atoms with Crippen molar-refractivity contribution in [3.05, 3.63) is 58.7 Å². The van der Waals surface area contributed by atoms with Gasteiger partial charge in [0.05, 0.1) is 31.3 Å². The zero-order valence-electron chi connectivity index (χ0n) is 23.4. The molecule has 4 heterocycles. The number of nitrogens with one attached hydrogen (secondary N) is 1. The van der Waals surface area contributed by atoms with Gasteiger partial charge in [-0.25, -0.2) is 4.99 Å². The first-order valence-corrected chi connectivity index (χ1v) is 14.4. The van der Waals surface area contributed by atoms with Gasteiger partial charge >= 0.3 is 0 Å². The van der Waals surface area contributed by atoms with Gasteiger partial charge in [0.2, 0.25) is 5.91 Å². The maximum atomic E-state index is 13.5. The predicted octanol–water partition coefficient (Wildman–Crippen LogP) is 5.07. The average Bonchev–Trinajstić information content (AvgIpc) is 3.70. The molecule has 1 saturated carbocycles. The summed E-state index contributed by atoms with van der Waals surface area (Å²) in [6.45, 7) is 8.62. The number of fused-ring (bicyclic) bond motifs is 3. The smallest absolute Gasteiger partial charge is 0.251 e. The predicted molar refractivity (Wildman–Crippen MR) is 151 cm³/mol. The molecule has 8 nitrogen and oxygen atoms in total. The van der Waals surface area contributed by atoms with Crippen molar-refractivity contribution in [2.45, 2.75) is 90.4 Å². The number of amides is 2. The van der Waals surface area contributed by atoms with Crippen molar-refractivity contribution in [2.75, 3.05) is 6.61 Å². The largest absolute Gasteiger partial charge is 0.494 e. The maximum absolute atomic E-state index is 13.5. The number of hydrogen-bond acceptors (Lipinski definition) is 6. The van der Waals surface area contributed by atoms with Crippen LogP contribution in [0, 0.1) is 5.92 Å². The zero-order chi connectivity index (χ0) is 27.7. The van der Waals surface area contributed by atoms with E-state index in [1.165, 1.54) is 10.5 Å². The lowest BCUT2D eigenvalue weighted by Crippen LogP contribution is -2.46. The van der Waals surface area contributed by atoms with E-state index in [2.05, 4.69) is 28.5 Å². The SMILES string of the molecule is CC.CCOc1ccc2cc1CN1C(=O)CC(CCC3CC3c3ccc4c(c3)C(CC(C)O4)NC2=O)N=C1N. The van der Waals surface area contributed by atoms with E-state index >= 15 is 0 Å². The van der Waals surface area contributed by atoms with Gasteiger partial charge in [0, 0.05) is 29.5 Å². The van der Waals surface area contributed by atoms with E-state index in [0.29, 0.717) is 42.6 Å². The van der Waals surface area contributed by atoms with Crippen LogP contribution in [0.4, 0.5) is 0 Å². The fraction of sp³-hybridized carbons (Fsp3) is 0.516. The topological polar surface area (TPSA) is 106 Å². The highest BCUT2D eigenvalue weighted by atomic mass is 16.5. The Kier molecular flexibility index (Phi) is 7.82. The molecule has 208 valence electrons. The molecular weight excluding hydrogens is 492 g/mol. The van der Waals surface area contributed by atoms with Gasteiger partial charge in [-0.2, -0.15) is 0 Å². The number of nitrogens with zero attached hydrogens (tertiary/aromatic N) is 2. The second-order valence-corrected chi connectivity index (χ2v) is 10.7. The Morgan fingerprint density at radius 1 is 1.13 bits per heavy atom. The molecule has 8 heteroatoms. The van der Waals surface area contributed by atoms with Crippen LogP contribution in [-0.4, -0.2) is 41.4 Å². The molecule has 1 aliphatic carbocycles. The summed E-state index contributed by atoms with van der Waals surface area (Å²) in [4.78, 5) is 32.8. The molecule has 7 rings (SSSR count). The molecule has 6 bridgehead atoms. The second kappa shape index (κ2) is 11.3. The van der Waals surface area contributed by atoms with Crippen LogP contribution in [0.5, 0.6) is 11.5 Å². The molecule has 2 aromatic carbocycles. The number of aliphatic imine (C=N–C) groups is 1. The molecule has 5 atom stereocenters. The summed E-state index contributed by atoms with van der Waals surface area (Å²) in [7, 11) is 0. The molecule has 0 aromatic heterocycles. The number of carbonyl (C=O) groups is 2. The number of carbonyl (C=O) groups excluding carboxylic acids is 2. The van der Waals surface area contributed by atoms with E-state index in [-0.39, 0.29) is 42.5 Å². The number of ether oxygens (including phenoxy) is 2. The first-order valence-electron chi connectivity index (χ1n) is 14.4. The van der Waals surface area contributed by atoms with Crippen LogP contribution in [0.1, 0.15) is 98.8 Å². The molecule has 0 spiro atoms. The normalized spacial score (nSPS) is 27.4. The third-order valence-electron chi connectivity index (χ3n) is 8.09. The van der Waals surface area contributed by atoms with Gasteiger partial charge in [-0.3, -0.25) is 14.5 Å². The molecule has 5 unspecified atom stereocenters. The summed E-state index contributed by atoms with van der Waals surface area (Å²) in [6.07, 6.45) is 4.05. The lowest BCUT2D eigenvalue weighted by atomic mass is 9.93. The monoisotopic (exact) mass is 532 g/mol. The van der Waals surface area contributed by atoms with Gasteiger partial charge in [0.25, 0.3) is 5.91 Å². The summed E-state index contributed by atoms with van der Waals surface area (Å²) in [6, 6.07) is 11.6.